The molecule has 2 atom stereocenters. The second kappa shape index (κ2) is 4.63. The summed E-state index contributed by atoms with van der Waals surface area (Å²) < 4.78 is 16.2. The summed E-state index contributed by atoms with van der Waals surface area (Å²) in [6, 6.07) is 0. The van der Waals surface area contributed by atoms with Crippen LogP contribution in [0.1, 0.15) is 37.9 Å². The first-order valence-corrected chi connectivity index (χ1v) is 6.65. The van der Waals surface area contributed by atoms with Gasteiger partial charge in [0.25, 0.3) is 0 Å². The standard InChI is InChI=1S/C13H20N2O3/c1-13(4-5-13)12-14-11(18-15-12)7-9-3-6-17-8-10(9)16-2/h9-10H,3-8H2,1-2H3. The fourth-order valence-corrected chi connectivity index (χ4v) is 2.47. The number of nitrogens with zero attached hydrogens (tertiary/aromatic N) is 2. The number of rotatable bonds is 4. The Balaban J connectivity index is 1.66. The molecule has 1 saturated carbocycles. The molecule has 2 unspecified atom stereocenters. The molecule has 1 aliphatic heterocycles. The van der Waals surface area contributed by atoms with Crippen LogP contribution in [0.5, 0.6) is 0 Å². The average Bonchev–Trinajstić information content (AvgIpc) is 2.96. The van der Waals surface area contributed by atoms with Crippen molar-refractivity contribution < 1.29 is 14.0 Å². The van der Waals surface area contributed by atoms with Crippen molar-refractivity contribution in [1.29, 1.82) is 0 Å². The lowest BCUT2D eigenvalue weighted by atomic mass is 9.93. The maximum Gasteiger partial charge on any atom is 0.227 e. The van der Waals surface area contributed by atoms with E-state index in [1.807, 2.05) is 0 Å². The lowest BCUT2D eigenvalue weighted by Gasteiger charge is -2.29. The number of ether oxygens (including phenoxy) is 2. The Hall–Kier alpha value is -0.940. The van der Waals surface area contributed by atoms with Crippen LogP contribution in [-0.2, 0) is 21.3 Å². The molecule has 100 valence electrons. The highest BCUT2D eigenvalue weighted by atomic mass is 16.5. The van der Waals surface area contributed by atoms with E-state index in [0.717, 1.165) is 31.2 Å². The van der Waals surface area contributed by atoms with Crippen LogP contribution in [0, 0.1) is 5.92 Å². The van der Waals surface area contributed by atoms with Gasteiger partial charge in [-0.1, -0.05) is 12.1 Å². The highest BCUT2D eigenvalue weighted by Gasteiger charge is 2.43. The van der Waals surface area contributed by atoms with Crippen molar-refractivity contribution in [1.82, 2.24) is 10.1 Å². The van der Waals surface area contributed by atoms with E-state index in [-0.39, 0.29) is 11.5 Å². The van der Waals surface area contributed by atoms with E-state index in [0.29, 0.717) is 12.5 Å². The van der Waals surface area contributed by atoms with Crippen LogP contribution in [0.2, 0.25) is 0 Å². The van der Waals surface area contributed by atoms with Gasteiger partial charge >= 0.3 is 0 Å². The van der Waals surface area contributed by atoms with Crippen LogP contribution >= 0.6 is 0 Å². The monoisotopic (exact) mass is 252 g/mol. The van der Waals surface area contributed by atoms with Gasteiger partial charge < -0.3 is 14.0 Å². The summed E-state index contributed by atoms with van der Waals surface area (Å²) in [7, 11) is 1.73. The first-order chi connectivity index (χ1) is 8.71. The van der Waals surface area contributed by atoms with E-state index in [9.17, 15) is 0 Å². The second-order valence-corrected chi connectivity index (χ2v) is 5.67. The fraction of sp³-hybridized carbons (Fsp3) is 0.846. The van der Waals surface area contributed by atoms with E-state index in [1.165, 1.54) is 12.8 Å². The Kier molecular flexibility index (Phi) is 3.11. The Morgan fingerprint density at radius 1 is 1.44 bits per heavy atom. The minimum Gasteiger partial charge on any atom is -0.379 e. The molecule has 5 heteroatoms. The number of aromatic nitrogens is 2. The zero-order valence-electron chi connectivity index (χ0n) is 11.0. The molecule has 5 nitrogen and oxygen atoms in total. The summed E-state index contributed by atoms with van der Waals surface area (Å²) in [6.07, 6.45) is 4.28. The van der Waals surface area contributed by atoms with Crippen molar-refractivity contribution in [3.63, 3.8) is 0 Å². The summed E-state index contributed by atoms with van der Waals surface area (Å²) in [6.45, 7) is 3.65. The second-order valence-electron chi connectivity index (χ2n) is 5.67. The lowest BCUT2D eigenvalue weighted by Crippen LogP contribution is -2.35. The van der Waals surface area contributed by atoms with Crippen LogP contribution in [-0.4, -0.2) is 36.6 Å². The van der Waals surface area contributed by atoms with E-state index in [2.05, 4.69) is 17.1 Å². The zero-order valence-corrected chi connectivity index (χ0v) is 11.0. The molecule has 1 saturated heterocycles. The fourth-order valence-electron chi connectivity index (χ4n) is 2.47. The molecule has 0 aromatic carbocycles. The number of hydrogen-bond donors (Lipinski definition) is 0. The largest absolute Gasteiger partial charge is 0.379 e. The third-order valence-electron chi connectivity index (χ3n) is 4.19. The molecule has 0 radical (unpaired) electrons. The van der Waals surface area contributed by atoms with Crippen LogP contribution in [0.3, 0.4) is 0 Å². The van der Waals surface area contributed by atoms with Crippen molar-refractivity contribution in [3.8, 4) is 0 Å². The minimum atomic E-state index is 0.144. The Bertz CT molecular complexity index is 414. The van der Waals surface area contributed by atoms with Crippen molar-refractivity contribution in [2.24, 2.45) is 5.92 Å². The molecular weight excluding hydrogens is 232 g/mol. The van der Waals surface area contributed by atoms with Crippen LogP contribution in [0.4, 0.5) is 0 Å². The molecule has 2 aliphatic rings. The lowest BCUT2D eigenvalue weighted by molar-refractivity contribution is -0.0665. The summed E-state index contributed by atoms with van der Waals surface area (Å²) in [5.41, 5.74) is 0.179. The van der Waals surface area contributed by atoms with Gasteiger partial charge in [-0.05, 0) is 25.2 Å². The summed E-state index contributed by atoms with van der Waals surface area (Å²) in [5.74, 6) is 2.04. The normalized spacial score (nSPS) is 30.3. The number of methoxy groups -OCH3 is 1. The molecular formula is C13H20N2O3. The molecule has 0 amide bonds. The molecule has 18 heavy (non-hydrogen) atoms. The third-order valence-corrected chi connectivity index (χ3v) is 4.19. The minimum absolute atomic E-state index is 0.144. The van der Waals surface area contributed by atoms with E-state index in [4.69, 9.17) is 14.0 Å². The topological polar surface area (TPSA) is 57.4 Å². The van der Waals surface area contributed by atoms with Crippen molar-refractivity contribution >= 4 is 0 Å². The van der Waals surface area contributed by atoms with E-state index < -0.39 is 0 Å². The molecule has 0 N–H and O–H groups in total. The van der Waals surface area contributed by atoms with Gasteiger partial charge in [0.05, 0.1) is 12.7 Å². The van der Waals surface area contributed by atoms with Gasteiger partial charge in [0.2, 0.25) is 5.89 Å². The molecule has 0 bridgehead atoms. The smallest absolute Gasteiger partial charge is 0.227 e. The molecule has 3 rings (SSSR count). The van der Waals surface area contributed by atoms with E-state index in [1.54, 1.807) is 7.11 Å². The summed E-state index contributed by atoms with van der Waals surface area (Å²) >= 11 is 0. The highest BCUT2D eigenvalue weighted by molar-refractivity contribution is 5.14. The number of hydrogen-bond acceptors (Lipinski definition) is 5. The third kappa shape index (κ3) is 2.29. The van der Waals surface area contributed by atoms with Gasteiger partial charge in [0.1, 0.15) is 0 Å². The average molecular weight is 252 g/mol. The van der Waals surface area contributed by atoms with Crippen molar-refractivity contribution in [2.45, 2.75) is 44.1 Å². The van der Waals surface area contributed by atoms with Gasteiger partial charge in [0.15, 0.2) is 5.82 Å². The predicted octanol–water partition coefficient (Wildman–Crippen LogP) is 1.72. The molecule has 2 heterocycles. The Labute approximate surface area is 107 Å². The van der Waals surface area contributed by atoms with Gasteiger partial charge in [-0.3, -0.25) is 0 Å². The first kappa shape index (κ1) is 12.1. The quantitative estimate of drug-likeness (QED) is 0.816. The highest BCUT2D eigenvalue weighted by Crippen LogP contribution is 2.46. The first-order valence-electron chi connectivity index (χ1n) is 6.65. The van der Waals surface area contributed by atoms with Gasteiger partial charge in [-0.15, -0.1) is 0 Å². The molecule has 1 aromatic rings. The summed E-state index contributed by atoms with van der Waals surface area (Å²) in [5, 5.41) is 4.11. The molecule has 0 spiro atoms. The molecule has 2 fully saturated rings. The molecule has 1 aliphatic carbocycles. The zero-order chi connectivity index (χ0) is 12.6. The van der Waals surface area contributed by atoms with Crippen molar-refractivity contribution in [2.75, 3.05) is 20.3 Å². The maximum atomic E-state index is 5.45. The van der Waals surface area contributed by atoms with Crippen LogP contribution in [0.15, 0.2) is 4.52 Å². The molecule has 1 aromatic heterocycles. The van der Waals surface area contributed by atoms with Crippen LogP contribution in [0.25, 0.3) is 0 Å². The van der Waals surface area contributed by atoms with Crippen molar-refractivity contribution in [3.05, 3.63) is 11.7 Å². The van der Waals surface area contributed by atoms with Gasteiger partial charge in [-0.25, -0.2) is 0 Å². The van der Waals surface area contributed by atoms with E-state index >= 15 is 0 Å². The SMILES string of the molecule is COC1COCCC1Cc1nc(C2(C)CC2)no1. The Morgan fingerprint density at radius 2 is 2.28 bits per heavy atom. The predicted molar refractivity (Wildman–Crippen MR) is 64.3 cm³/mol. The van der Waals surface area contributed by atoms with Gasteiger partial charge in [-0.2, -0.15) is 4.98 Å². The Morgan fingerprint density at radius 3 is 3.00 bits per heavy atom. The summed E-state index contributed by atoms with van der Waals surface area (Å²) in [4.78, 5) is 4.53. The van der Waals surface area contributed by atoms with Gasteiger partial charge in [0, 0.05) is 25.6 Å². The maximum absolute atomic E-state index is 5.45. The van der Waals surface area contributed by atoms with Crippen LogP contribution < -0.4 is 0 Å².